The van der Waals surface area contributed by atoms with Crippen LogP contribution in [0.2, 0.25) is 0 Å². The first-order valence-electron chi connectivity index (χ1n) is 24.3. The second kappa shape index (κ2) is 21.7. The number of anilines is 9. The lowest BCUT2D eigenvalue weighted by atomic mass is 10.1. The van der Waals surface area contributed by atoms with Crippen LogP contribution in [0.25, 0.3) is 24.3 Å². The number of hydrogen-bond acceptors (Lipinski definition) is 3. The first kappa shape index (κ1) is 46.0. The van der Waals surface area contributed by atoms with E-state index in [0.717, 1.165) is 79.9 Å². The lowest BCUT2D eigenvalue weighted by Crippen LogP contribution is -2.10. The molecule has 3 nitrogen and oxygen atoms in total. The standard InChI is InChI=1S/C66H61N3/c1-6-7-8-53-21-39-62(40-22-53)69(65-45-27-56(28-46-65)19-17-54-23-41-63(42-24-54)67(58-31-9-49(2)10-32-58)59-33-11-50(3)12-34-59)66-47-29-57(30-48-66)20-18-55-25-43-64(44-26-55)68(60-35-13-51(4)14-36-60)61-37-15-52(5)16-38-61/h9-48H,6-8H2,1-5H3/b19-17+,20-18+. The molecule has 0 unspecified atom stereocenters. The number of benzene rings is 9. The summed E-state index contributed by atoms with van der Waals surface area (Å²) in [6, 6.07) is 79.4. The maximum atomic E-state index is 2.35. The first-order valence-corrected chi connectivity index (χ1v) is 24.3. The van der Waals surface area contributed by atoms with Crippen LogP contribution in [0.15, 0.2) is 218 Å². The fourth-order valence-corrected chi connectivity index (χ4v) is 8.63. The summed E-state index contributed by atoms with van der Waals surface area (Å²) in [5, 5.41) is 0. The summed E-state index contributed by atoms with van der Waals surface area (Å²) in [6.45, 7) is 10.8. The Balaban J connectivity index is 0.922. The molecular formula is C66H61N3. The van der Waals surface area contributed by atoms with Crippen LogP contribution in [0.1, 0.15) is 69.8 Å². The molecular weight excluding hydrogens is 835 g/mol. The van der Waals surface area contributed by atoms with Gasteiger partial charge in [-0.15, -0.1) is 0 Å². The summed E-state index contributed by atoms with van der Waals surface area (Å²) in [5.41, 5.74) is 21.1. The van der Waals surface area contributed by atoms with Crippen LogP contribution in [0, 0.1) is 27.7 Å². The average Bonchev–Trinajstić information content (AvgIpc) is 3.39. The number of unbranched alkanes of at least 4 members (excludes halogenated alkanes) is 1. The Morgan fingerprint density at radius 2 is 0.449 bits per heavy atom. The molecule has 3 heteroatoms. The highest BCUT2D eigenvalue weighted by molar-refractivity contribution is 5.82. The quantitative estimate of drug-likeness (QED) is 0.0895. The van der Waals surface area contributed by atoms with Crippen LogP contribution < -0.4 is 14.7 Å². The molecule has 0 saturated heterocycles. The topological polar surface area (TPSA) is 9.72 Å². The third-order valence-electron chi connectivity index (χ3n) is 12.7. The van der Waals surface area contributed by atoms with E-state index in [1.54, 1.807) is 0 Å². The van der Waals surface area contributed by atoms with E-state index in [1.165, 1.54) is 40.7 Å². The van der Waals surface area contributed by atoms with Crippen LogP contribution in [0.3, 0.4) is 0 Å². The Labute approximate surface area is 410 Å². The van der Waals surface area contributed by atoms with Gasteiger partial charge < -0.3 is 14.7 Å². The van der Waals surface area contributed by atoms with Gasteiger partial charge in [0.1, 0.15) is 0 Å². The monoisotopic (exact) mass is 895 g/mol. The highest BCUT2D eigenvalue weighted by atomic mass is 15.2. The molecule has 0 bridgehead atoms. The molecule has 0 aromatic heterocycles. The summed E-state index contributed by atoms with van der Waals surface area (Å²) >= 11 is 0. The van der Waals surface area contributed by atoms with E-state index in [4.69, 9.17) is 0 Å². The molecule has 0 atom stereocenters. The van der Waals surface area contributed by atoms with Gasteiger partial charge in [0, 0.05) is 51.2 Å². The molecule has 0 saturated carbocycles. The van der Waals surface area contributed by atoms with E-state index in [9.17, 15) is 0 Å². The van der Waals surface area contributed by atoms with Crippen LogP contribution in [0.5, 0.6) is 0 Å². The summed E-state index contributed by atoms with van der Waals surface area (Å²) in [4.78, 5) is 6.98. The molecule has 0 heterocycles. The van der Waals surface area contributed by atoms with Crippen molar-refractivity contribution in [2.24, 2.45) is 0 Å². The van der Waals surface area contributed by atoms with Crippen LogP contribution >= 0.6 is 0 Å². The van der Waals surface area contributed by atoms with Crippen molar-refractivity contribution in [2.45, 2.75) is 53.9 Å². The molecule has 340 valence electrons. The van der Waals surface area contributed by atoms with Gasteiger partial charge in [-0.25, -0.2) is 0 Å². The van der Waals surface area contributed by atoms with Gasteiger partial charge in [0.2, 0.25) is 0 Å². The predicted octanol–water partition coefficient (Wildman–Crippen LogP) is 19.0. The minimum Gasteiger partial charge on any atom is -0.311 e. The van der Waals surface area contributed by atoms with Gasteiger partial charge in [0.25, 0.3) is 0 Å². The van der Waals surface area contributed by atoms with E-state index >= 15 is 0 Å². The Bertz CT molecular complexity index is 2810. The van der Waals surface area contributed by atoms with Crippen LogP contribution in [0.4, 0.5) is 51.2 Å². The van der Waals surface area contributed by atoms with E-state index in [1.807, 2.05) is 0 Å². The summed E-state index contributed by atoms with van der Waals surface area (Å²) in [6.07, 6.45) is 12.3. The van der Waals surface area contributed by atoms with E-state index in [-0.39, 0.29) is 0 Å². The smallest absolute Gasteiger partial charge is 0.0462 e. The highest BCUT2D eigenvalue weighted by Gasteiger charge is 2.15. The van der Waals surface area contributed by atoms with Gasteiger partial charge in [0.15, 0.2) is 0 Å². The third kappa shape index (κ3) is 11.5. The van der Waals surface area contributed by atoms with Gasteiger partial charge in [-0.2, -0.15) is 0 Å². The van der Waals surface area contributed by atoms with Crippen molar-refractivity contribution in [2.75, 3.05) is 14.7 Å². The lowest BCUT2D eigenvalue weighted by molar-refractivity contribution is 0.795. The van der Waals surface area contributed by atoms with Gasteiger partial charge in [-0.3, -0.25) is 0 Å². The average molecular weight is 896 g/mol. The minimum absolute atomic E-state index is 1.10. The van der Waals surface area contributed by atoms with Crippen molar-refractivity contribution >= 4 is 75.5 Å². The second-order valence-electron chi connectivity index (χ2n) is 18.2. The third-order valence-corrected chi connectivity index (χ3v) is 12.7. The number of aryl methyl sites for hydroxylation is 5. The van der Waals surface area contributed by atoms with Crippen molar-refractivity contribution in [3.63, 3.8) is 0 Å². The molecule has 9 aromatic rings. The number of nitrogens with zero attached hydrogens (tertiary/aromatic N) is 3. The molecule has 0 aliphatic rings. The first-order chi connectivity index (χ1) is 33.8. The molecule has 0 radical (unpaired) electrons. The molecule has 0 N–H and O–H groups in total. The van der Waals surface area contributed by atoms with E-state index < -0.39 is 0 Å². The van der Waals surface area contributed by atoms with Crippen molar-refractivity contribution in [1.29, 1.82) is 0 Å². The van der Waals surface area contributed by atoms with Crippen molar-refractivity contribution in [1.82, 2.24) is 0 Å². The van der Waals surface area contributed by atoms with Crippen molar-refractivity contribution in [3.8, 4) is 0 Å². The molecule has 9 aromatic carbocycles. The normalized spacial score (nSPS) is 11.3. The second-order valence-corrected chi connectivity index (χ2v) is 18.2. The van der Waals surface area contributed by atoms with Gasteiger partial charge in [-0.1, -0.05) is 169 Å². The molecule has 0 amide bonds. The fourth-order valence-electron chi connectivity index (χ4n) is 8.63. The Hall–Kier alpha value is -8.14. The zero-order valence-electron chi connectivity index (χ0n) is 40.6. The van der Waals surface area contributed by atoms with Crippen LogP contribution in [-0.2, 0) is 6.42 Å². The molecule has 9 rings (SSSR count). The van der Waals surface area contributed by atoms with Gasteiger partial charge >= 0.3 is 0 Å². The largest absolute Gasteiger partial charge is 0.311 e. The fraction of sp³-hybridized carbons (Fsp3) is 0.121. The SMILES string of the molecule is CCCCc1ccc(N(c2ccc(/C=C/c3ccc(N(c4ccc(C)cc4)c4ccc(C)cc4)cc3)cc2)c2ccc(/C=C/c3ccc(N(c4ccc(C)cc4)c4ccc(C)cc4)cc3)cc2)cc1. The highest BCUT2D eigenvalue weighted by Crippen LogP contribution is 2.38. The van der Waals surface area contributed by atoms with E-state index in [0.29, 0.717) is 0 Å². The molecule has 0 aliphatic heterocycles. The predicted molar refractivity (Wildman–Crippen MR) is 299 cm³/mol. The summed E-state index contributed by atoms with van der Waals surface area (Å²) in [5.74, 6) is 0. The van der Waals surface area contributed by atoms with Crippen molar-refractivity contribution in [3.05, 3.63) is 268 Å². The lowest BCUT2D eigenvalue weighted by Gasteiger charge is -2.26. The van der Waals surface area contributed by atoms with Gasteiger partial charge in [0.05, 0.1) is 0 Å². The molecule has 69 heavy (non-hydrogen) atoms. The Morgan fingerprint density at radius 3 is 0.652 bits per heavy atom. The van der Waals surface area contributed by atoms with Crippen LogP contribution in [-0.4, -0.2) is 0 Å². The zero-order valence-corrected chi connectivity index (χ0v) is 40.6. The Kier molecular flexibility index (Phi) is 14.4. The van der Waals surface area contributed by atoms with Gasteiger partial charge in [-0.05, 0) is 178 Å². The minimum atomic E-state index is 1.10. The molecule has 0 aliphatic carbocycles. The Morgan fingerprint density at radius 1 is 0.261 bits per heavy atom. The number of hydrogen-bond donors (Lipinski definition) is 0. The van der Waals surface area contributed by atoms with Crippen molar-refractivity contribution < 1.29 is 0 Å². The maximum absolute atomic E-state index is 2.35. The molecule has 0 fully saturated rings. The number of rotatable bonds is 16. The van der Waals surface area contributed by atoms with E-state index in [2.05, 4.69) is 292 Å². The summed E-state index contributed by atoms with van der Waals surface area (Å²) in [7, 11) is 0. The molecule has 0 spiro atoms. The summed E-state index contributed by atoms with van der Waals surface area (Å²) < 4.78 is 0. The maximum Gasteiger partial charge on any atom is 0.0462 e. The zero-order chi connectivity index (χ0) is 47.5.